The minimum Gasteiger partial charge on any atom is -0.330 e. The van der Waals surface area contributed by atoms with Crippen LogP contribution >= 0.6 is 0 Å². The van der Waals surface area contributed by atoms with E-state index in [1.807, 2.05) is 0 Å². The van der Waals surface area contributed by atoms with Crippen molar-refractivity contribution < 1.29 is 26.7 Å². The quantitative estimate of drug-likeness (QED) is 0.510. The van der Waals surface area contributed by atoms with Gasteiger partial charge in [-0.2, -0.15) is 0 Å². The van der Waals surface area contributed by atoms with E-state index in [0.717, 1.165) is 6.42 Å². The summed E-state index contributed by atoms with van der Waals surface area (Å²) < 4.78 is 65.7. The van der Waals surface area contributed by atoms with Crippen LogP contribution in [0.25, 0.3) is 0 Å². The summed E-state index contributed by atoms with van der Waals surface area (Å²) in [4.78, 5) is 11.8. The van der Waals surface area contributed by atoms with Crippen LogP contribution < -0.4 is 11.1 Å². The maximum absolute atomic E-state index is 13.4. The Morgan fingerprint density at radius 3 is 1.86 bits per heavy atom. The topological polar surface area (TPSA) is 55.1 Å². The van der Waals surface area contributed by atoms with Crippen LogP contribution in [0.4, 0.5) is 27.6 Å². The number of carbonyl (C=O) groups excluding carboxylic acids is 1. The first-order chi connectivity index (χ1) is 9.81. The number of carbonyl (C=O) groups is 1. The van der Waals surface area contributed by atoms with Gasteiger partial charge in [0.15, 0.2) is 23.3 Å². The standard InChI is InChI=1S/C13H13F5N2O/c14-7-8(15)10(17)12(11(18)9(7)16)20-6(21)4-13(5-19)2-1-3-13/h1-5,19H2,(H,20,21). The van der Waals surface area contributed by atoms with Crippen molar-refractivity contribution in [3.8, 4) is 0 Å². The van der Waals surface area contributed by atoms with Crippen molar-refractivity contribution >= 4 is 11.6 Å². The highest BCUT2D eigenvalue weighted by Crippen LogP contribution is 2.43. The van der Waals surface area contributed by atoms with Gasteiger partial charge in [-0.1, -0.05) is 6.42 Å². The van der Waals surface area contributed by atoms with E-state index in [0.29, 0.717) is 12.8 Å². The molecule has 0 saturated heterocycles. The van der Waals surface area contributed by atoms with Gasteiger partial charge in [0.1, 0.15) is 5.69 Å². The Kier molecular flexibility index (Phi) is 4.18. The fourth-order valence-electron chi connectivity index (χ4n) is 2.37. The Morgan fingerprint density at radius 2 is 1.48 bits per heavy atom. The second kappa shape index (κ2) is 5.59. The van der Waals surface area contributed by atoms with Gasteiger partial charge < -0.3 is 11.1 Å². The summed E-state index contributed by atoms with van der Waals surface area (Å²) in [5, 5.41) is 1.75. The van der Waals surface area contributed by atoms with Crippen molar-refractivity contribution in [2.45, 2.75) is 25.7 Å². The molecule has 1 saturated carbocycles. The second-order valence-corrected chi connectivity index (χ2v) is 5.23. The predicted molar refractivity (Wildman–Crippen MR) is 64.8 cm³/mol. The number of amides is 1. The number of nitrogens with one attached hydrogen (secondary N) is 1. The molecule has 1 aliphatic rings. The van der Waals surface area contributed by atoms with Gasteiger partial charge >= 0.3 is 0 Å². The van der Waals surface area contributed by atoms with Crippen molar-refractivity contribution in [3.63, 3.8) is 0 Å². The monoisotopic (exact) mass is 308 g/mol. The summed E-state index contributed by atoms with van der Waals surface area (Å²) in [5.41, 5.74) is 3.76. The third kappa shape index (κ3) is 2.72. The van der Waals surface area contributed by atoms with Gasteiger partial charge in [-0.3, -0.25) is 4.79 Å². The smallest absolute Gasteiger partial charge is 0.225 e. The van der Waals surface area contributed by atoms with Gasteiger partial charge in [0.25, 0.3) is 0 Å². The largest absolute Gasteiger partial charge is 0.330 e. The third-order valence-corrected chi connectivity index (χ3v) is 3.86. The summed E-state index contributed by atoms with van der Waals surface area (Å²) in [5.74, 6) is -11.4. The van der Waals surface area contributed by atoms with Crippen LogP contribution in [0, 0.1) is 34.5 Å². The van der Waals surface area contributed by atoms with Crippen molar-refractivity contribution in [3.05, 3.63) is 29.1 Å². The molecule has 0 unspecified atom stereocenters. The minimum absolute atomic E-state index is 0.122. The number of halogens is 5. The zero-order chi connectivity index (χ0) is 15.8. The molecule has 8 heteroatoms. The van der Waals surface area contributed by atoms with Gasteiger partial charge in [0, 0.05) is 6.42 Å². The van der Waals surface area contributed by atoms with E-state index in [4.69, 9.17) is 5.73 Å². The molecule has 0 atom stereocenters. The number of nitrogens with two attached hydrogens (primary N) is 1. The summed E-state index contributed by atoms with van der Waals surface area (Å²) in [6.07, 6.45) is 2.14. The van der Waals surface area contributed by atoms with Gasteiger partial charge in [-0.25, -0.2) is 22.0 Å². The maximum atomic E-state index is 13.4. The fraction of sp³-hybridized carbons (Fsp3) is 0.462. The Morgan fingerprint density at radius 1 is 1.00 bits per heavy atom. The van der Waals surface area contributed by atoms with Crippen molar-refractivity contribution in [1.29, 1.82) is 0 Å². The highest BCUT2D eigenvalue weighted by atomic mass is 19.2. The van der Waals surface area contributed by atoms with Crippen LogP contribution in [0.3, 0.4) is 0 Å². The molecule has 0 aliphatic heterocycles. The zero-order valence-corrected chi connectivity index (χ0v) is 10.9. The molecule has 1 aliphatic carbocycles. The Labute approximate surface area is 117 Å². The van der Waals surface area contributed by atoms with Gasteiger partial charge in [-0.15, -0.1) is 0 Å². The normalized spacial score (nSPS) is 16.5. The molecule has 1 aromatic rings. The van der Waals surface area contributed by atoms with Crippen LogP contribution in [0.2, 0.25) is 0 Å². The van der Waals surface area contributed by atoms with E-state index < -0.39 is 46.1 Å². The summed E-state index contributed by atoms with van der Waals surface area (Å²) in [6.45, 7) is 0.220. The van der Waals surface area contributed by atoms with E-state index in [2.05, 4.69) is 0 Å². The lowest BCUT2D eigenvalue weighted by Crippen LogP contribution is -2.40. The van der Waals surface area contributed by atoms with E-state index >= 15 is 0 Å². The third-order valence-electron chi connectivity index (χ3n) is 3.86. The molecule has 0 bridgehead atoms. The molecule has 21 heavy (non-hydrogen) atoms. The molecule has 3 N–H and O–H groups in total. The van der Waals surface area contributed by atoms with Crippen LogP contribution in [0.1, 0.15) is 25.7 Å². The highest BCUT2D eigenvalue weighted by Gasteiger charge is 2.38. The highest BCUT2D eigenvalue weighted by molar-refractivity contribution is 5.91. The first-order valence-corrected chi connectivity index (χ1v) is 6.33. The summed E-state index contributed by atoms with van der Waals surface area (Å²) >= 11 is 0. The van der Waals surface area contributed by atoms with Crippen LogP contribution in [0.5, 0.6) is 0 Å². The molecular formula is C13H13F5N2O. The molecular weight excluding hydrogens is 295 g/mol. The lowest BCUT2D eigenvalue weighted by molar-refractivity contribution is -0.119. The van der Waals surface area contributed by atoms with Crippen LogP contribution in [-0.2, 0) is 4.79 Å². The van der Waals surface area contributed by atoms with E-state index in [1.54, 1.807) is 5.32 Å². The molecule has 0 radical (unpaired) electrons. The minimum atomic E-state index is -2.26. The summed E-state index contributed by atoms with van der Waals surface area (Å²) in [6, 6.07) is 0. The first kappa shape index (κ1) is 15.7. The molecule has 0 aromatic heterocycles. The molecule has 0 spiro atoms. The maximum Gasteiger partial charge on any atom is 0.225 e. The van der Waals surface area contributed by atoms with Crippen molar-refractivity contribution in [2.75, 3.05) is 11.9 Å². The van der Waals surface area contributed by atoms with E-state index in [1.165, 1.54) is 0 Å². The first-order valence-electron chi connectivity index (χ1n) is 6.33. The Hall–Kier alpha value is -1.70. The molecule has 1 aromatic carbocycles. The Bertz CT molecular complexity index is 552. The van der Waals surface area contributed by atoms with Crippen molar-refractivity contribution in [1.82, 2.24) is 0 Å². The average molecular weight is 308 g/mol. The van der Waals surface area contributed by atoms with Crippen LogP contribution in [-0.4, -0.2) is 12.5 Å². The van der Waals surface area contributed by atoms with Crippen LogP contribution in [0.15, 0.2) is 0 Å². The SMILES string of the molecule is NCC1(CC(=O)Nc2c(F)c(F)c(F)c(F)c2F)CCC1. The van der Waals surface area contributed by atoms with E-state index in [9.17, 15) is 26.7 Å². The van der Waals surface area contributed by atoms with E-state index in [-0.39, 0.29) is 13.0 Å². The zero-order valence-electron chi connectivity index (χ0n) is 10.9. The molecule has 116 valence electrons. The van der Waals surface area contributed by atoms with Gasteiger partial charge in [0.2, 0.25) is 11.7 Å². The number of hydrogen-bond donors (Lipinski definition) is 2. The lowest BCUT2D eigenvalue weighted by Gasteiger charge is -2.40. The number of rotatable bonds is 4. The fourth-order valence-corrected chi connectivity index (χ4v) is 2.37. The molecule has 2 rings (SSSR count). The molecule has 1 amide bonds. The van der Waals surface area contributed by atoms with Crippen molar-refractivity contribution in [2.24, 2.45) is 11.1 Å². The van der Waals surface area contributed by atoms with Gasteiger partial charge in [0.05, 0.1) is 0 Å². The number of benzene rings is 1. The Balaban J connectivity index is 2.22. The van der Waals surface area contributed by atoms with Gasteiger partial charge in [-0.05, 0) is 24.8 Å². The molecule has 0 heterocycles. The number of hydrogen-bond acceptors (Lipinski definition) is 2. The lowest BCUT2D eigenvalue weighted by atomic mass is 9.66. The number of anilines is 1. The summed E-state index contributed by atoms with van der Waals surface area (Å²) in [7, 11) is 0. The molecule has 1 fully saturated rings. The molecule has 3 nitrogen and oxygen atoms in total. The predicted octanol–water partition coefficient (Wildman–Crippen LogP) is 2.84. The second-order valence-electron chi connectivity index (χ2n) is 5.23. The average Bonchev–Trinajstić information content (AvgIpc) is 2.43.